The highest BCUT2D eigenvalue weighted by molar-refractivity contribution is 7.12. The highest BCUT2D eigenvalue weighted by Gasteiger charge is 2.25. The SMILES string of the molecule is COc1ccccc1N1CC[C@@H](CNC(=O)c2sccc2C)C1. The van der Waals surface area contributed by atoms with Gasteiger partial charge in [0, 0.05) is 19.6 Å². The van der Waals surface area contributed by atoms with Crippen LogP contribution in [0.4, 0.5) is 5.69 Å². The molecule has 2 heterocycles. The largest absolute Gasteiger partial charge is 0.495 e. The number of amides is 1. The van der Waals surface area contributed by atoms with E-state index < -0.39 is 0 Å². The van der Waals surface area contributed by atoms with Gasteiger partial charge in [0.1, 0.15) is 5.75 Å². The first-order valence-electron chi connectivity index (χ1n) is 7.89. The van der Waals surface area contributed by atoms with Crippen LogP contribution in [0.3, 0.4) is 0 Å². The summed E-state index contributed by atoms with van der Waals surface area (Å²) in [6.07, 6.45) is 1.09. The first-order valence-corrected chi connectivity index (χ1v) is 8.77. The van der Waals surface area contributed by atoms with Crippen molar-refractivity contribution in [2.45, 2.75) is 13.3 Å². The molecule has 5 heteroatoms. The van der Waals surface area contributed by atoms with Crippen molar-refractivity contribution in [2.75, 3.05) is 31.6 Å². The van der Waals surface area contributed by atoms with E-state index in [4.69, 9.17) is 4.74 Å². The van der Waals surface area contributed by atoms with Gasteiger partial charge in [-0.05, 0) is 48.4 Å². The van der Waals surface area contributed by atoms with E-state index in [1.54, 1.807) is 7.11 Å². The number of carbonyl (C=O) groups is 1. The smallest absolute Gasteiger partial charge is 0.261 e. The predicted molar refractivity (Wildman–Crippen MR) is 94.7 cm³/mol. The van der Waals surface area contributed by atoms with E-state index in [1.165, 1.54) is 11.3 Å². The molecule has 122 valence electrons. The first kappa shape index (κ1) is 15.9. The van der Waals surface area contributed by atoms with Gasteiger partial charge in [-0.1, -0.05) is 12.1 Å². The standard InChI is InChI=1S/C18H22N2O2S/c1-13-8-10-23-17(13)18(21)19-11-14-7-9-20(12-14)15-5-3-4-6-16(15)22-2/h3-6,8,10,14H,7,9,11-12H2,1-2H3,(H,19,21)/t14-/m0/s1. The molecule has 1 saturated heterocycles. The second kappa shape index (κ2) is 7.04. The van der Waals surface area contributed by atoms with Crippen molar-refractivity contribution in [2.24, 2.45) is 5.92 Å². The maximum Gasteiger partial charge on any atom is 0.261 e. The number of thiophene rings is 1. The van der Waals surface area contributed by atoms with Gasteiger partial charge >= 0.3 is 0 Å². The zero-order chi connectivity index (χ0) is 16.2. The zero-order valence-electron chi connectivity index (χ0n) is 13.5. The molecule has 1 aliphatic rings. The maximum atomic E-state index is 12.2. The summed E-state index contributed by atoms with van der Waals surface area (Å²) in [6, 6.07) is 10.1. The van der Waals surface area contributed by atoms with E-state index >= 15 is 0 Å². The van der Waals surface area contributed by atoms with Gasteiger partial charge in [0.05, 0.1) is 17.7 Å². The molecule has 0 bridgehead atoms. The van der Waals surface area contributed by atoms with Crippen LogP contribution in [0, 0.1) is 12.8 Å². The number of carbonyl (C=O) groups excluding carboxylic acids is 1. The third-order valence-electron chi connectivity index (χ3n) is 4.33. The molecule has 1 aromatic heterocycles. The van der Waals surface area contributed by atoms with Crippen LogP contribution >= 0.6 is 11.3 Å². The minimum atomic E-state index is 0.0493. The zero-order valence-corrected chi connectivity index (χ0v) is 14.4. The number of aryl methyl sites for hydroxylation is 1. The van der Waals surface area contributed by atoms with Crippen molar-refractivity contribution in [1.82, 2.24) is 5.32 Å². The minimum Gasteiger partial charge on any atom is -0.495 e. The van der Waals surface area contributed by atoms with E-state index in [1.807, 2.05) is 36.6 Å². The van der Waals surface area contributed by atoms with Crippen LogP contribution in [0.5, 0.6) is 5.75 Å². The number of nitrogens with zero attached hydrogens (tertiary/aromatic N) is 1. The van der Waals surface area contributed by atoms with Crippen molar-refractivity contribution < 1.29 is 9.53 Å². The number of hydrogen-bond donors (Lipinski definition) is 1. The molecule has 1 aromatic carbocycles. The molecular weight excluding hydrogens is 308 g/mol. The Balaban J connectivity index is 1.56. The van der Waals surface area contributed by atoms with Gasteiger partial charge in [0.15, 0.2) is 0 Å². The molecule has 1 N–H and O–H groups in total. The lowest BCUT2D eigenvalue weighted by atomic mass is 10.1. The number of rotatable bonds is 5. The van der Waals surface area contributed by atoms with Crippen LogP contribution in [0.2, 0.25) is 0 Å². The normalized spacial score (nSPS) is 17.3. The van der Waals surface area contributed by atoms with E-state index in [9.17, 15) is 4.79 Å². The van der Waals surface area contributed by atoms with Crippen LogP contribution in [-0.2, 0) is 0 Å². The molecule has 4 nitrogen and oxygen atoms in total. The van der Waals surface area contributed by atoms with Crippen LogP contribution in [0.1, 0.15) is 21.7 Å². The highest BCUT2D eigenvalue weighted by atomic mass is 32.1. The van der Waals surface area contributed by atoms with Crippen molar-refractivity contribution >= 4 is 22.9 Å². The van der Waals surface area contributed by atoms with Gasteiger partial charge in [-0.2, -0.15) is 0 Å². The molecule has 0 spiro atoms. The summed E-state index contributed by atoms with van der Waals surface area (Å²) < 4.78 is 5.44. The fourth-order valence-corrected chi connectivity index (χ4v) is 3.87. The second-order valence-electron chi connectivity index (χ2n) is 5.92. The second-order valence-corrected chi connectivity index (χ2v) is 6.83. The van der Waals surface area contributed by atoms with Gasteiger partial charge in [-0.15, -0.1) is 11.3 Å². The Kier molecular flexibility index (Phi) is 4.86. The number of nitrogens with one attached hydrogen (secondary N) is 1. The van der Waals surface area contributed by atoms with Crippen molar-refractivity contribution in [3.63, 3.8) is 0 Å². The molecule has 2 aromatic rings. The molecular formula is C18H22N2O2S. The van der Waals surface area contributed by atoms with Crippen LogP contribution in [0.25, 0.3) is 0 Å². The van der Waals surface area contributed by atoms with Crippen molar-refractivity contribution in [3.8, 4) is 5.75 Å². The van der Waals surface area contributed by atoms with Gasteiger partial charge < -0.3 is 15.0 Å². The molecule has 0 aliphatic carbocycles. The number of methoxy groups -OCH3 is 1. The highest BCUT2D eigenvalue weighted by Crippen LogP contribution is 2.31. The van der Waals surface area contributed by atoms with Crippen molar-refractivity contribution in [1.29, 1.82) is 0 Å². The third-order valence-corrected chi connectivity index (χ3v) is 5.35. The summed E-state index contributed by atoms with van der Waals surface area (Å²) in [4.78, 5) is 15.4. The van der Waals surface area contributed by atoms with Gasteiger partial charge in [0.25, 0.3) is 5.91 Å². The quantitative estimate of drug-likeness (QED) is 0.914. The molecule has 1 aliphatic heterocycles. The topological polar surface area (TPSA) is 41.6 Å². The van der Waals surface area contributed by atoms with E-state index in [2.05, 4.69) is 16.3 Å². The third kappa shape index (κ3) is 3.50. The lowest BCUT2D eigenvalue weighted by molar-refractivity contribution is 0.0952. The summed E-state index contributed by atoms with van der Waals surface area (Å²) in [5.41, 5.74) is 2.19. The molecule has 0 unspecified atom stereocenters. The van der Waals surface area contributed by atoms with Gasteiger partial charge in [-0.25, -0.2) is 0 Å². The summed E-state index contributed by atoms with van der Waals surface area (Å²) in [6.45, 7) is 4.65. The van der Waals surface area contributed by atoms with Crippen LogP contribution in [0.15, 0.2) is 35.7 Å². The molecule has 0 saturated carbocycles. The number of ether oxygens (including phenoxy) is 1. The summed E-state index contributed by atoms with van der Waals surface area (Å²) in [7, 11) is 1.70. The Morgan fingerprint density at radius 2 is 2.22 bits per heavy atom. The first-order chi connectivity index (χ1) is 11.2. The monoisotopic (exact) mass is 330 g/mol. The number of hydrogen-bond acceptors (Lipinski definition) is 4. The molecule has 0 radical (unpaired) electrons. The molecule has 3 rings (SSSR count). The maximum absolute atomic E-state index is 12.2. The lowest BCUT2D eigenvalue weighted by Gasteiger charge is -2.21. The van der Waals surface area contributed by atoms with Gasteiger partial charge in [-0.3, -0.25) is 4.79 Å². The number of benzene rings is 1. The average molecular weight is 330 g/mol. The van der Waals surface area contributed by atoms with Crippen molar-refractivity contribution in [3.05, 3.63) is 46.2 Å². The fourth-order valence-electron chi connectivity index (χ4n) is 3.03. The fraction of sp³-hybridized carbons (Fsp3) is 0.389. The molecule has 1 atom stereocenters. The Labute approximate surface area is 141 Å². The summed E-state index contributed by atoms with van der Waals surface area (Å²) >= 11 is 1.50. The number of anilines is 1. The Morgan fingerprint density at radius 3 is 2.96 bits per heavy atom. The minimum absolute atomic E-state index is 0.0493. The average Bonchev–Trinajstić information content (AvgIpc) is 3.21. The predicted octanol–water partition coefficient (Wildman–Crippen LogP) is 3.32. The Morgan fingerprint density at radius 1 is 1.39 bits per heavy atom. The summed E-state index contributed by atoms with van der Waals surface area (Å²) in [5.74, 6) is 1.43. The van der Waals surface area contributed by atoms with E-state index in [0.29, 0.717) is 5.92 Å². The van der Waals surface area contributed by atoms with Gasteiger partial charge in [0.2, 0.25) is 0 Å². The molecule has 23 heavy (non-hydrogen) atoms. The van der Waals surface area contributed by atoms with E-state index in [0.717, 1.165) is 47.9 Å². The van der Waals surface area contributed by atoms with E-state index in [-0.39, 0.29) is 5.91 Å². The Hall–Kier alpha value is -2.01. The van der Waals surface area contributed by atoms with Crippen LogP contribution < -0.4 is 15.0 Å². The molecule has 1 amide bonds. The summed E-state index contributed by atoms with van der Waals surface area (Å²) in [5, 5.41) is 5.04. The molecule has 1 fully saturated rings. The number of para-hydroxylation sites is 2. The van der Waals surface area contributed by atoms with Crippen LogP contribution in [-0.4, -0.2) is 32.7 Å². The Bertz CT molecular complexity index is 683. The lowest BCUT2D eigenvalue weighted by Crippen LogP contribution is -2.31.